The van der Waals surface area contributed by atoms with Crippen LogP contribution >= 0.6 is 0 Å². The van der Waals surface area contributed by atoms with Crippen molar-refractivity contribution in [3.8, 4) is 11.5 Å². The highest BCUT2D eigenvalue weighted by Gasteiger charge is 2.24. The predicted molar refractivity (Wildman–Crippen MR) is 93.7 cm³/mol. The number of piperidine rings is 1. The Hall–Kier alpha value is -1.79. The van der Waals surface area contributed by atoms with E-state index < -0.39 is 0 Å². The van der Waals surface area contributed by atoms with Crippen LogP contribution in [0.25, 0.3) is 0 Å². The third-order valence-electron chi connectivity index (χ3n) is 4.31. The van der Waals surface area contributed by atoms with E-state index in [0.717, 1.165) is 44.0 Å². The predicted octanol–water partition coefficient (Wildman–Crippen LogP) is 1.93. The number of amides is 1. The maximum absolute atomic E-state index is 11.6. The number of nitrogens with zero attached hydrogens (tertiary/aromatic N) is 1. The molecule has 1 saturated heterocycles. The lowest BCUT2D eigenvalue weighted by Crippen LogP contribution is -2.42. The van der Waals surface area contributed by atoms with Crippen molar-refractivity contribution in [2.24, 2.45) is 17.7 Å². The number of carbonyl (C=O) groups excluding carboxylic acids is 1. The van der Waals surface area contributed by atoms with Gasteiger partial charge in [-0.3, -0.25) is 15.1 Å². The van der Waals surface area contributed by atoms with Crippen LogP contribution in [0, 0.1) is 11.8 Å². The van der Waals surface area contributed by atoms with Crippen molar-refractivity contribution in [3.05, 3.63) is 23.8 Å². The quantitative estimate of drug-likeness (QED) is 0.452. The molecule has 0 unspecified atom stereocenters. The van der Waals surface area contributed by atoms with Gasteiger partial charge in [0, 0.05) is 12.5 Å². The second-order valence-electron chi connectivity index (χ2n) is 6.75. The molecule has 3 N–H and O–H groups in total. The first kappa shape index (κ1) is 18.5. The van der Waals surface area contributed by atoms with Gasteiger partial charge in [0.25, 0.3) is 0 Å². The lowest BCUT2D eigenvalue weighted by molar-refractivity contribution is -0.126. The van der Waals surface area contributed by atoms with E-state index in [1.807, 2.05) is 12.1 Å². The smallest absolute Gasteiger partial charge is 0.237 e. The number of hydrazine groups is 1. The highest BCUT2D eigenvalue weighted by molar-refractivity contribution is 5.78. The summed E-state index contributed by atoms with van der Waals surface area (Å²) >= 11 is 0. The van der Waals surface area contributed by atoms with Crippen molar-refractivity contribution < 1.29 is 14.3 Å². The number of carbonyl (C=O) groups is 1. The van der Waals surface area contributed by atoms with E-state index in [9.17, 15) is 4.79 Å². The molecule has 134 valence electrons. The first-order valence-electron chi connectivity index (χ1n) is 8.56. The zero-order valence-electron chi connectivity index (χ0n) is 14.9. The highest BCUT2D eigenvalue weighted by atomic mass is 16.5. The maximum atomic E-state index is 11.6. The fourth-order valence-electron chi connectivity index (χ4n) is 2.92. The van der Waals surface area contributed by atoms with Crippen molar-refractivity contribution in [2.45, 2.75) is 33.2 Å². The minimum atomic E-state index is -0.0528. The van der Waals surface area contributed by atoms with E-state index in [1.165, 1.54) is 5.56 Å². The second kappa shape index (κ2) is 8.89. The van der Waals surface area contributed by atoms with Gasteiger partial charge in [0.1, 0.15) is 0 Å². The molecule has 1 aromatic rings. The largest absolute Gasteiger partial charge is 0.493 e. The van der Waals surface area contributed by atoms with Crippen LogP contribution in [0.2, 0.25) is 0 Å². The van der Waals surface area contributed by atoms with Crippen LogP contribution in [0.15, 0.2) is 18.2 Å². The molecule has 1 aliphatic rings. The first-order chi connectivity index (χ1) is 11.5. The minimum Gasteiger partial charge on any atom is -0.493 e. The molecule has 0 aromatic heterocycles. The molecular weight excluding hydrogens is 306 g/mol. The van der Waals surface area contributed by atoms with Gasteiger partial charge in [-0.15, -0.1) is 0 Å². The molecule has 0 radical (unpaired) electrons. The lowest BCUT2D eigenvalue weighted by atomic mass is 9.96. The summed E-state index contributed by atoms with van der Waals surface area (Å²) in [5.74, 6) is 7.22. The molecule has 1 fully saturated rings. The topological polar surface area (TPSA) is 76.8 Å². The zero-order chi connectivity index (χ0) is 17.5. The molecule has 0 bridgehead atoms. The Bertz CT molecular complexity index is 540. The van der Waals surface area contributed by atoms with Gasteiger partial charge < -0.3 is 9.47 Å². The average molecular weight is 335 g/mol. The Morgan fingerprint density at radius 1 is 1.33 bits per heavy atom. The molecule has 1 heterocycles. The molecule has 2 rings (SSSR count). The van der Waals surface area contributed by atoms with Gasteiger partial charge in [0.15, 0.2) is 11.5 Å². The summed E-state index contributed by atoms with van der Waals surface area (Å²) < 4.78 is 11.3. The van der Waals surface area contributed by atoms with Gasteiger partial charge in [0.2, 0.25) is 5.91 Å². The average Bonchev–Trinajstić information content (AvgIpc) is 2.60. The Kier molecular flexibility index (Phi) is 6.87. The summed E-state index contributed by atoms with van der Waals surface area (Å²) in [4.78, 5) is 13.9. The number of ether oxygens (including phenoxy) is 2. The number of methoxy groups -OCH3 is 1. The summed E-state index contributed by atoms with van der Waals surface area (Å²) in [6.07, 6.45) is 1.69. The minimum absolute atomic E-state index is 0.0348. The Labute approximate surface area is 144 Å². The van der Waals surface area contributed by atoms with Crippen molar-refractivity contribution >= 4 is 5.91 Å². The summed E-state index contributed by atoms with van der Waals surface area (Å²) in [5.41, 5.74) is 3.44. The monoisotopic (exact) mass is 335 g/mol. The van der Waals surface area contributed by atoms with Gasteiger partial charge in [-0.2, -0.15) is 0 Å². The maximum Gasteiger partial charge on any atom is 0.237 e. The SMILES string of the molecule is COc1cc(CN2CCC(C(=O)NN)CC2)ccc1OCC(C)C. The summed E-state index contributed by atoms with van der Waals surface area (Å²) in [7, 11) is 1.66. The van der Waals surface area contributed by atoms with Crippen molar-refractivity contribution in [1.29, 1.82) is 0 Å². The number of rotatable bonds is 7. The Morgan fingerprint density at radius 2 is 2.04 bits per heavy atom. The van der Waals surface area contributed by atoms with E-state index in [1.54, 1.807) is 7.11 Å². The van der Waals surface area contributed by atoms with Crippen LogP contribution in [0.1, 0.15) is 32.3 Å². The van der Waals surface area contributed by atoms with Crippen LogP contribution < -0.4 is 20.7 Å². The number of benzene rings is 1. The van der Waals surface area contributed by atoms with E-state index in [-0.39, 0.29) is 11.8 Å². The third kappa shape index (κ3) is 5.11. The Morgan fingerprint density at radius 3 is 2.62 bits per heavy atom. The van der Waals surface area contributed by atoms with E-state index in [4.69, 9.17) is 15.3 Å². The second-order valence-corrected chi connectivity index (χ2v) is 6.75. The van der Waals surface area contributed by atoms with Crippen LogP contribution in [-0.4, -0.2) is 37.6 Å². The van der Waals surface area contributed by atoms with Gasteiger partial charge in [-0.1, -0.05) is 19.9 Å². The third-order valence-corrected chi connectivity index (χ3v) is 4.31. The molecule has 24 heavy (non-hydrogen) atoms. The molecule has 0 spiro atoms. The lowest BCUT2D eigenvalue weighted by Gasteiger charge is -2.31. The van der Waals surface area contributed by atoms with E-state index in [0.29, 0.717) is 12.5 Å². The summed E-state index contributed by atoms with van der Waals surface area (Å²) in [6, 6.07) is 6.09. The summed E-state index contributed by atoms with van der Waals surface area (Å²) in [6.45, 7) is 7.55. The number of likely N-dealkylation sites (tertiary alicyclic amines) is 1. The van der Waals surface area contributed by atoms with Crippen LogP contribution in [0.3, 0.4) is 0 Å². The van der Waals surface area contributed by atoms with Crippen LogP contribution in [0.5, 0.6) is 11.5 Å². The molecule has 6 nitrogen and oxygen atoms in total. The summed E-state index contributed by atoms with van der Waals surface area (Å²) in [5, 5.41) is 0. The molecule has 0 saturated carbocycles. The van der Waals surface area contributed by atoms with E-state index in [2.05, 4.69) is 30.2 Å². The van der Waals surface area contributed by atoms with Gasteiger partial charge in [-0.25, -0.2) is 5.84 Å². The first-order valence-corrected chi connectivity index (χ1v) is 8.56. The van der Waals surface area contributed by atoms with Gasteiger partial charge in [0.05, 0.1) is 13.7 Å². The van der Waals surface area contributed by atoms with Gasteiger partial charge in [-0.05, 0) is 49.5 Å². The fourth-order valence-corrected chi connectivity index (χ4v) is 2.92. The van der Waals surface area contributed by atoms with Crippen molar-refractivity contribution in [2.75, 3.05) is 26.8 Å². The van der Waals surface area contributed by atoms with Gasteiger partial charge >= 0.3 is 0 Å². The van der Waals surface area contributed by atoms with Crippen LogP contribution in [-0.2, 0) is 11.3 Å². The van der Waals surface area contributed by atoms with E-state index >= 15 is 0 Å². The molecule has 6 heteroatoms. The van der Waals surface area contributed by atoms with Crippen LogP contribution in [0.4, 0.5) is 0 Å². The zero-order valence-corrected chi connectivity index (χ0v) is 14.9. The Balaban J connectivity index is 1.92. The molecule has 0 atom stereocenters. The molecule has 0 aliphatic carbocycles. The normalized spacial score (nSPS) is 16.2. The number of hydrogen-bond acceptors (Lipinski definition) is 5. The number of nitrogens with two attached hydrogens (primary N) is 1. The highest BCUT2D eigenvalue weighted by Crippen LogP contribution is 2.29. The molecular formula is C18H29N3O3. The number of hydrogen-bond donors (Lipinski definition) is 2. The molecule has 1 amide bonds. The molecule has 1 aliphatic heterocycles. The standard InChI is InChI=1S/C18H29N3O3/c1-13(2)12-24-16-5-4-14(10-17(16)23-3)11-21-8-6-15(7-9-21)18(22)20-19/h4-5,10,13,15H,6-9,11-12,19H2,1-3H3,(H,20,22). The van der Waals surface area contributed by atoms with Crippen molar-refractivity contribution in [1.82, 2.24) is 10.3 Å². The number of nitrogens with one attached hydrogen (secondary N) is 1. The molecule has 1 aromatic carbocycles. The fraction of sp³-hybridized carbons (Fsp3) is 0.611. The van der Waals surface area contributed by atoms with Crippen molar-refractivity contribution in [3.63, 3.8) is 0 Å².